The molecule has 2 aromatic rings. The van der Waals surface area contributed by atoms with Crippen LogP contribution < -0.4 is 5.14 Å². The minimum atomic E-state index is -3.69. The number of aromatic amines is 1. The summed E-state index contributed by atoms with van der Waals surface area (Å²) < 4.78 is 25.4. The average Bonchev–Trinajstić information content (AvgIpc) is 3.15. The zero-order chi connectivity index (χ0) is 19.6. The van der Waals surface area contributed by atoms with E-state index in [1.165, 1.54) is 4.31 Å². The lowest BCUT2D eigenvalue weighted by atomic mass is 9.67. The lowest BCUT2D eigenvalue weighted by Crippen LogP contribution is -2.52. The number of fused-ring (bicyclic) bond motifs is 3. The molecule has 148 valence electrons. The molecular weight excluding hydrogens is 388 g/mol. The van der Waals surface area contributed by atoms with E-state index in [4.69, 9.17) is 16.7 Å². The number of nitrogens with two attached hydrogens (primary N) is 1. The highest BCUT2D eigenvalue weighted by Crippen LogP contribution is 2.51. The highest BCUT2D eigenvalue weighted by molar-refractivity contribution is 7.86. The standard InChI is InChI=1S/C18H25ClN4O3S/c1-18(2,11-6-13-3-4-14(7-11)23(13)27(20,25)26)17(24)15-8-12(19)5-10-9-21-22-16(10)15/h5,8-9,11,13-14,17,24H,3-4,6-7H2,1-2H3,(H,21,22)(H2,20,25,26)/t11-,13+,14-,17?. The van der Waals surface area contributed by atoms with Crippen molar-refractivity contribution in [3.05, 3.63) is 28.9 Å². The zero-order valence-electron chi connectivity index (χ0n) is 15.4. The van der Waals surface area contributed by atoms with Gasteiger partial charge in [-0.1, -0.05) is 25.4 Å². The summed E-state index contributed by atoms with van der Waals surface area (Å²) in [5.74, 6) is 0.167. The van der Waals surface area contributed by atoms with Crippen molar-refractivity contribution in [1.82, 2.24) is 14.5 Å². The Morgan fingerprint density at radius 2 is 1.96 bits per heavy atom. The summed E-state index contributed by atoms with van der Waals surface area (Å²) in [6.07, 6.45) is 3.98. The number of piperidine rings is 1. The van der Waals surface area contributed by atoms with Gasteiger partial charge in [0.25, 0.3) is 10.2 Å². The molecule has 7 nitrogen and oxygen atoms in total. The molecular formula is C18H25ClN4O3S. The number of aromatic nitrogens is 2. The van der Waals surface area contributed by atoms with Crippen molar-refractivity contribution in [2.24, 2.45) is 16.5 Å². The first kappa shape index (κ1) is 19.1. The average molecular weight is 413 g/mol. The van der Waals surface area contributed by atoms with Crippen LogP contribution in [0.2, 0.25) is 5.02 Å². The van der Waals surface area contributed by atoms with Gasteiger partial charge in [-0.3, -0.25) is 5.10 Å². The SMILES string of the molecule is CC(C)(C(O)c1cc(Cl)cc2cn[nH]c12)[C@H]1C[C@H]2CC[C@@H](C1)N2S(N)(=O)=O. The van der Waals surface area contributed by atoms with Crippen LogP contribution in [0.3, 0.4) is 0 Å². The second kappa shape index (κ2) is 6.42. The van der Waals surface area contributed by atoms with Crippen molar-refractivity contribution in [3.8, 4) is 0 Å². The molecule has 1 aromatic heterocycles. The fraction of sp³-hybridized carbons (Fsp3) is 0.611. The Balaban J connectivity index is 1.65. The topological polar surface area (TPSA) is 112 Å². The number of rotatable bonds is 4. The highest BCUT2D eigenvalue weighted by atomic mass is 35.5. The van der Waals surface area contributed by atoms with Crippen LogP contribution in [-0.2, 0) is 10.2 Å². The van der Waals surface area contributed by atoms with Gasteiger partial charge >= 0.3 is 0 Å². The molecule has 0 spiro atoms. The number of H-pyrrole nitrogens is 1. The van der Waals surface area contributed by atoms with Crippen LogP contribution in [0.5, 0.6) is 0 Å². The largest absolute Gasteiger partial charge is 0.388 e. The van der Waals surface area contributed by atoms with Gasteiger partial charge in [0.15, 0.2) is 0 Å². The van der Waals surface area contributed by atoms with Crippen LogP contribution >= 0.6 is 11.6 Å². The molecule has 2 aliphatic rings. The molecule has 9 heteroatoms. The molecule has 4 rings (SSSR count). The van der Waals surface area contributed by atoms with Gasteiger partial charge < -0.3 is 5.11 Å². The number of benzene rings is 1. The van der Waals surface area contributed by atoms with Crippen molar-refractivity contribution >= 4 is 32.7 Å². The van der Waals surface area contributed by atoms with Crippen LogP contribution in [0.25, 0.3) is 10.9 Å². The maximum Gasteiger partial charge on any atom is 0.277 e. The van der Waals surface area contributed by atoms with Crippen LogP contribution in [-0.4, -0.2) is 40.1 Å². The predicted octanol–water partition coefficient (Wildman–Crippen LogP) is 2.72. The molecule has 0 amide bonds. The fourth-order valence-corrected chi connectivity index (χ4v) is 6.49. The Morgan fingerprint density at radius 1 is 1.33 bits per heavy atom. The van der Waals surface area contributed by atoms with E-state index in [-0.39, 0.29) is 18.0 Å². The van der Waals surface area contributed by atoms with Gasteiger partial charge in [0.1, 0.15) is 0 Å². The summed E-state index contributed by atoms with van der Waals surface area (Å²) in [6.45, 7) is 4.08. The van der Waals surface area contributed by atoms with Gasteiger partial charge in [-0.2, -0.15) is 17.8 Å². The second-order valence-electron chi connectivity index (χ2n) is 8.48. The first-order chi connectivity index (χ1) is 12.6. The van der Waals surface area contributed by atoms with Crippen LogP contribution in [0.15, 0.2) is 18.3 Å². The monoisotopic (exact) mass is 412 g/mol. The smallest absolute Gasteiger partial charge is 0.277 e. The first-order valence-electron chi connectivity index (χ1n) is 9.21. The van der Waals surface area contributed by atoms with Crippen molar-refractivity contribution < 1.29 is 13.5 Å². The molecule has 4 atom stereocenters. The summed E-state index contributed by atoms with van der Waals surface area (Å²) >= 11 is 6.25. The van der Waals surface area contributed by atoms with Gasteiger partial charge in [0, 0.05) is 28.1 Å². The third-order valence-electron chi connectivity index (χ3n) is 6.56. The van der Waals surface area contributed by atoms with E-state index in [1.54, 1.807) is 12.3 Å². The van der Waals surface area contributed by atoms with Gasteiger partial charge in [0.2, 0.25) is 0 Å². The molecule has 0 saturated carbocycles. The molecule has 27 heavy (non-hydrogen) atoms. The Hall–Kier alpha value is -1.19. The lowest BCUT2D eigenvalue weighted by molar-refractivity contribution is -0.0222. The van der Waals surface area contributed by atoms with Gasteiger partial charge in [0.05, 0.1) is 17.8 Å². The number of aliphatic hydroxyl groups is 1. The third kappa shape index (κ3) is 3.17. The maximum atomic E-state index is 11.9. The van der Waals surface area contributed by atoms with E-state index in [0.29, 0.717) is 17.9 Å². The summed E-state index contributed by atoms with van der Waals surface area (Å²) in [4.78, 5) is 0. The zero-order valence-corrected chi connectivity index (χ0v) is 17.0. The minimum absolute atomic E-state index is 0.0817. The molecule has 0 aliphatic carbocycles. The van der Waals surface area contributed by atoms with E-state index in [1.807, 2.05) is 19.9 Å². The number of hydrogen-bond donors (Lipinski definition) is 3. The van der Waals surface area contributed by atoms with Crippen molar-refractivity contribution in [1.29, 1.82) is 0 Å². The number of nitrogens with one attached hydrogen (secondary N) is 1. The number of hydrogen-bond acceptors (Lipinski definition) is 4. The Kier molecular flexibility index (Phi) is 4.55. The van der Waals surface area contributed by atoms with Crippen molar-refractivity contribution in [3.63, 3.8) is 0 Å². The predicted molar refractivity (Wildman–Crippen MR) is 104 cm³/mol. The van der Waals surface area contributed by atoms with E-state index in [0.717, 1.165) is 29.3 Å². The van der Waals surface area contributed by atoms with E-state index in [9.17, 15) is 13.5 Å². The molecule has 4 N–H and O–H groups in total. The Labute approximate surface area is 164 Å². The number of halogens is 1. The highest BCUT2D eigenvalue weighted by Gasteiger charge is 2.50. The van der Waals surface area contributed by atoms with Gasteiger partial charge in [-0.25, -0.2) is 5.14 Å². The molecule has 1 aromatic carbocycles. The van der Waals surface area contributed by atoms with E-state index in [2.05, 4.69) is 10.2 Å². The van der Waals surface area contributed by atoms with Crippen LogP contribution in [0.1, 0.15) is 51.2 Å². The number of aliphatic hydroxyl groups excluding tert-OH is 1. The van der Waals surface area contributed by atoms with Crippen LogP contribution in [0, 0.1) is 11.3 Å². The second-order valence-corrected chi connectivity index (χ2v) is 10.4. The normalized spacial score (nSPS) is 28.0. The summed E-state index contributed by atoms with van der Waals surface area (Å²) in [7, 11) is -3.69. The summed E-state index contributed by atoms with van der Waals surface area (Å²) in [5, 5.41) is 25.2. The third-order valence-corrected chi connectivity index (χ3v) is 7.96. The maximum absolute atomic E-state index is 11.9. The van der Waals surface area contributed by atoms with Gasteiger partial charge in [-0.05, 0) is 49.1 Å². The molecule has 2 fully saturated rings. The molecule has 3 heterocycles. The van der Waals surface area contributed by atoms with E-state index < -0.39 is 21.7 Å². The summed E-state index contributed by atoms with van der Waals surface area (Å²) in [5.41, 5.74) is 1.04. The molecule has 1 unspecified atom stereocenters. The van der Waals surface area contributed by atoms with Crippen molar-refractivity contribution in [2.75, 3.05) is 0 Å². The molecule has 0 radical (unpaired) electrons. The summed E-state index contributed by atoms with van der Waals surface area (Å²) in [6, 6.07) is 3.43. The Morgan fingerprint density at radius 3 is 2.56 bits per heavy atom. The molecule has 2 bridgehead atoms. The van der Waals surface area contributed by atoms with Crippen LogP contribution in [0.4, 0.5) is 0 Å². The van der Waals surface area contributed by atoms with E-state index >= 15 is 0 Å². The first-order valence-corrected chi connectivity index (χ1v) is 11.1. The van der Waals surface area contributed by atoms with Crippen molar-refractivity contribution in [2.45, 2.75) is 57.7 Å². The molecule has 2 saturated heterocycles. The van der Waals surface area contributed by atoms with Gasteiger partial charge in [-0.15, -0.1) is 0 Å². The molecule has 2 aliphatic heterocycles. The Bertz CT molecular complexity index is 960. The number of nitrogens with zero attached hydrogens (tertiary/aromatic N) is 2. The quantitative estimate of drug-likeness (QED) is 0.716. The lowest BCUT2D eigenvalue weighted by Gasteiger charge is -2.45. The minimum Gasteiger partial charge on any atom is -0.388 e. The fourth-order valence-electron chi connectivity index (χ4n) is 5.04.